The van der Waals surface area contributed by atoms with Crippen molar-refractivity contribution in [2.75, 3.05) is 0 Å². The molecule has 1 aliphatic heterocycles. The molecule has 0 aromatic heterocycles. The molecule has 5 nitrogen and oxygen atoms in total. The number of allylic oxidation sites excluding steroid dienone is 3. The average Bonchev–Trinajstić information content (AvgIpc) is 2.65. The maximum atomic E-state index is 13.1. The third kappa shape index (κ3) is 2.24. The number of carbonyl (C=O) groups excluding carboxylic acids is 2. The van der Waals surface area contributed by atoms with Gasteiger partial charge in [-0.25, -0.2) is 0 Å². The van der Waals surface area contributed by atoms with E-state index in [4.69, 9.17) is 22.1 Å². The van der Waals surface area contributed by atoms with Gasteiger partial charge in [0.05, 0.1) is 11.5 Å². The number of ketones is 2. The zero-order valence-corrected chi connectivity index (χ0v) is 14.1. The van der Waals surface area contributed by atoms with Crippen LogP contribution in [-0.4, -0.2) is 11.6 Å². The number of rotatable bonds is 1. The molecule has 1 aliphatic carbocycles. The van der Waals surface area contributed by atoms with E-state index in [9.17, 15) is 14.9 Å². The van der Waals surface area contributed by atoms with Crippen molar-refractivity contribution >= 4 is 23.2 Å². The molecule has 2 aliphatic rings. The summed E-state index contributed by atoms with van der Waals surface area (Å²) in [6.07, 6.45) is 0. The number of nitriles is 1. The zero-order chi connectivity index (χ0) is 18.4. The van der Waals surface area contributed by atoms with Crippen molar-refractivity contribution in [3.63, 3.8) is 0 Å². The first-order valence-corrected chi connectivity index (χ1v) is 8.16. The van der Waals surface area contributed by atoms with E-state index >= 15 is 0 Å². The van der Waals surface area contributed by atoms with Crippen LogP contribution >= 0.6 is 11.6 Å². The molecule has 126 valence electrons. The van der Waals surface area contributed by atoms with Gasteiger partial charge in [-0.2, -0.15) is 5.26 Å². The molecule has 0 radical (unpaired) electrons. The minimum atomic E-state index is -0.813. The second-order valence-corrected chi connectivity index (χ2v) is 6.36. The quantitative estimate of drug-likeness (QED) is 0.838. The van der Waals surface area contributed by atoms with Gasteiger partial charge in [-0.05, 0) is 17.7 Å². The smallest absolute Gasteiger partial charge is 0.229 e. The largest absolute Gasteiger partial charge is 0.436 e. The first-order chi connectivity index (χ1) is 12.5. The van der Waals surface area contributed by atoms with Crippen LogP contribution in [0.3, 0.4) is 0 Å². The number of hydrogen-bond acceptors (Lipinski definition) is 5. The van der Waals surface area contributed by atoms with E-state index in [-0.39, 0.29) is 39.7 Å². The molecule has 6 heteroatoms. The van der Waals surface area contributed by atoms with Crippen molar-refractivity contribution in [3.05, 3.63) is 93.0 Å². The van der Waals surface area contributed by atoms with Crippen LogP contribution in [0.2, 0.25) is 5.02 Å². The van der Waals surface area contributed by atoms with E-state index in [1.165, 1.54) is 0 Å². The van der Waals surface area contributed by atoms with Gasteiger partial charge in [-0.3, -0.25) is 9.59 Å². The molecule has 26 heavy (non-hydrogen) atoms. The molecule has 4 rings (SSSR count). The van der Waals surface area contributed by atoms with Gasteiger partial charge in [0, 0.05) is 16.1 Å². The Kier molecular flexibility index (Phi) is 3.64. The van der Waals surface area contributed by atoms with E-state index in [0.717, 1.165) is 0 Å². The number of hydrogen-bond donors (Lipinski definition) is 1. The molecule has 0 fully saturated rings. The van der Waals surface area contributed by atoms with Crippen molar-refractivity contribution in [1.29, 1.82) is 5.26 Å². The van der Waals surface area contributed by atoms with Crippen LogP contribution in [0.15, 0.2) is 71.3 Å². The fourth-order valence-corrected chi connectivity index (χ4v) is 3.52. The van der Waals surface area contributed by atoms with E-state index < -0.39 is 11.7 Å². The summed E-state index contributed by atoms with van der Waals surface area (Å²) >= 11 is 6.08. The maximum Gasteiger partial charge on any atom is 0.229 e. The normalized spacial score (nSPS) is 18.8. The van der Waals surface area contributed by atoms with Crippen LogP contribution in [0.1, 0.15) is 32.2 Å². The van der Waals surface area contributed by atoms with Gasteiger partial charge in [0.1, 0.15) is 11.6 Å². The second kappa shape index (κ2) is 5.87. The fourth-order valence-electron chi connectivity index (χ4n) is 3.33. The van der Waals surface area contributed by atoms with Gasteiger partial charge in [0.2, 0.25) is 11.7 Å². The zero-order valence-electron chi connectivity index (χ0n) is 13.3. The topological polar surface area (TPSA) is 93.2 Å². The highest BCUT2D eigenvalue weighted by Crippen LogP contribution is 2.44. The van der Waals surface area contributed by atoms with Crippen molar-refractivity contribution in [2.24, 2.45) is 5.73 Å². The molecule has 2 aromatic carbocycles. The van der Waals surface area contributed by atoms with E-state index in [1.807, 2.05) is 6.07 Å². The van der Waals surface area contributed by atoms with Gasteiger partial charge >= 0.3 is 0 Å². The molecule has 2 aromatic rings. The lowest BCUT2D eigenvalue weighted by Gasteiger charge is -2.30. The van der Waals surface area contributed by atoms with Crippen LogP contribution in [-0.2, 0) is 4.74 Å². The van der Waals surface area contributed by atoms with Crippen molar-refractivity contribution in [1.82, 2.24) is 0 Å². The number of Topliss-reactive ketones (excluding diaryl/α,β-unsaturated/α-hetero) is 2. The van der Waals surface area contributed by atoms with E-state index in [2.05, 4.69) is 0 Å². The first kappa shape index (κ1) is 16.1. The third-order valence-electron chi connectivity index (χ3n) is 4.47. The molecule has 0 unspecified atom stereocenters. The second-order valence-electron chi connectivity index (χ2n) is 5.93. The standard InChI is InChI=1S/C20H11ClN2O3/c21-11-5-3-4-10(8-11)15-14(9-22)20(23)26-19-16(15)17(24)12-6-1-2-7-13(12)18(19)25/h1-8,15H,23H2/t15-/m1/s1. The maximum absolute atomic E-state index is 13.1. The molecule has 2 N–H and O–H groups in total. The predicted molar refractivity (Wildman–Crippen MR) is 94.2 cm³/mol. The van der Waals surface area contributed by atoms with Gasteiger partial charge < -0.3 is 10.5 Å². The SMILES string of the molecule is N#CC1=C(N)OC2=C(C(=O)c3ccccc3C2=O)[C@@H]1c1cccc(Cl)c1. The Hall–Kier alpha value is -3.36. The lowest BCUT2D eigenvalue weighted by atomic mass is 9.75. The lowest BCUT2D eigenvalue weighted by molar-refractivity contribution is 0.0897. The van der Waals surface area contributed by atoms with E-state index in [0.29, 0.717) is 10.6 Å². The Labute approximate surface area is 153 Å². The number of benzene rings is 2. The number of nitrogens with two attached hydrogens (primary N) is 1. The first-order valence-electron chi connectivity index (χ1n) is 7.78. The summed E-state index contributed by atoms with van der Waals surface area (Å²) in [4.78, 5) is 26.0. The average molecular weight is 363 g/mol. The van der Waals surface area contributed by atoms with Crippen molar-refractivity contribution in [3.8, 4) is 6.07 Å². The van der Waals surface area contributed by atoms with Crippen LogP contribution < -0.4 is 5.73 Å². The molecular weight excluding hydrogens is 352 g/mol. The number of fused-ring (bicyclic) bond motifs is 1. The molecule has 0 saturated carbocycles. The predicted octanol–water partition coefficient (Wildman–Crippen LogP) is 3.48. The Morgan fingerprint density at radius 1 is 1.04 bits per heavy atom. The summed E-state index contributed by atoms with van der Waals surface area (Å²) in [5, 5.41) is 10.0. The fraction of sp³-hybridized carbons (Fsp3) is 0.0500. The lowest BCUT2D eigenvalue weighted by Crippen LogP contribution is -2.32. The molecule has 0 spiro atoms. The minimum Gasteiger partial charge on any atom is -0.436 e. The van der Waals surface area contributed by atoms with Crippen LogP contribution in [0.25, 0.3) is 0 Å². The van der Waals surface area contributed by atoms with Crippen molar-refractivity contribution < 1.29 is 14.3 Å². The highest BCUT2D eigenvalue weighted by molar-refractivity contribution is 6.30. The van der Waals surface area contributed by atoms with Gasteiger partial charge in [0.15, 0.2) is 11.5 Å². The number of halogens is 1. The number of ether oxygens (including phenoxy) is 1. The summed E-state index contributed by atoms with van der Waals surface area (Å²) < 4.78 is 5.43. The summed E-state index contributed by atoms with van der Waals surface area (Å²) in [5.74, 6) is -1.92. The highest BCUT2D eigenvalue weighted by Gasteiger charge is 2.43. The molecular formula is C20H11ClN2O3. The summed E-state index contributed by atoms with van der Waals surface area (Å²) in [6.45, 7) is 0. The third-order valence-corrected chi connectivity index (χ3v) is 4.70. The molecule has 1 heterocycles. The van der Waals surface area contributed by atoms with E-state index in [1.54, 1.807) is 48.5 Å². The van der Waals surface area contributed by atoms with Gasteiger partial charge in [-0.1, -0.05) is 48.0 Å². The highest BCUT2D eigenvalue weighted by atomic mass is 35.5. The summed E-state index contributed by atoms with van der Waals surface area (Å²) in [7, 11) is 0. The van der Waals surface area contributed by atoms with Crippen molar-refractivity contribution in [2.45, 2.75) is 5.92 Å². The van der Waals surface area contributed by atoms with Gasteiger partial charge in [0.25, 0.3) is 0 Å². The Bertz CT molecular complexity index is 1090. The Balaban J connectivity index is 1.99. The number of carbonyl (C=O) groups is 2. The van der Waals surface area contributed by atoms with Gasteiger partial charge in [-0.15, -0.1) is 0 Å². The Morgan fingerprint density at radius 2 is 1.73 bits per heavy atom. The van der Waals surface area contributed by atoms with Crippen LogP contribution in [0.5, 0.6) is 0 Å². The molecule has 1 atom stereocenters. The minimum absolute atomic E-state index is 0.0755. The van der Waals surface area contributed by atoms with Crippen LogP contribution in [0, 0.1) is 11.3 Å². The van der Waals surface area contributed by atoms with Crippen LogP contribution in [0.4, 0.5) is 0 Å². The monoisotopic (exact) mass is 362 g/mol. The summed E-state index contributed by atoms with van der Waals surface area (Å²) in [5.41, 5.74) is 7.21. The number of nitrogens with zero attached hydrogens (tertiary/aromatic N) is 1. The molecule has 0 bridgehead atoms. The Morgan fingerprint density at radius 3 is 2.38 bits per heavy atom. The summed E-state index contributed by atoms with van der Waals surface area (Å²) in [6, 6.07) is 15.3. The molecule has 0 amide bonds. The molecule has 0 saturated heterocycles.